The molecular weight excluding hydrogens is 360 g/mol. The van der Waals surface area contributed by atoms with Gasteiger partial charge < -0.3 is 14.8 Å². The van der Waals surface area contributed by atoms with Crippen molar-refractivity contribution >= 4 is 23.4 Å². The Kier molecular flexibility index (Phi) is 7.01. The van der Waals surface area contributed by atoms with Gasteiger partial charge in [0, 0.05) is 36.8 Å². The number of amides is 1. The average molecular weight is 387 g/mol. The van der Waals surface area contributed by atoms with Crippen LogP contribution >= 0.6 is 11.8 Å². The van der Waals surface area contributed by atoms with Gasteiger partial charge in [-0.1, -0.05) is 24.3 Å². The molecule has 0 aromatic heterocycles. The third-order valence-corrected chi connectivity index (χ3v) is 5.46. The molecule has 1 heterocycles. The van der Waals surface area contributed by atoms with E-state index in [1.165, 1.54) is 17.1 Å². The Labute approximate surface area is 165 Å². The van der Waals surface area contributed by atoms with E-state index < -0.39 is 0 Å². The Morgan fingerprint density at radius 1 is 1.15 bits per heavy atom. The van der Waals surface area contributed by atoms with Gasteiger partial charge in [-0.3, -0.25) is 9.69 Å². The lowest BCUT2D eigenvalue weighted by atomic mass is 10.1. The fraction of sp³-hybridized carbons (Fsp3) is 0.381. The van der Waals surface area contributed by atoms with Crippen LogP contribution in [0.5, 0.6) is 11.5 Å². The van der Waals surface area contributed by atoms with E-state index in [0.29, 0.717) is 11.5 Å². The maximum atomic E-state index is 12.3. The third-order valence-electron chi connectivity index (χ3n) is 4.51. The molecular formula is C21H26N2O3S. The summed E-state index contributed by atoms with van der Waals surface area (Å²) in [4.78, 5) is 14.8. The van der Waals surface area contributed by atoms with Crippen LogP contribution in [0.3, 0.4) is 0 Å². The number of carbonyl (C=O) groups is 1. The van der Waals surface area contributed by atoms with E-state index in [1.807, 2.05) is 30.8 Å². The summed E-state index contributed by atoms with van der Waals surface area (Å²) in [7, 11) is 1.58. The summed E-state index contributed by atoms with van der Waals surface area (Å²) in [6, 6.07) is 13.6. The van der Waals surface area contributed by atoms with Gasteiger partial charge in [-0.15, -0.1) is 0 Å². The zero-order valence-corrected chi connectivity index (χ0v) is 16.7. The predicted molar refractivity (Wildman–Crippen MR) is 111 cm³/mol. The molecule has 1 N–H and O–H groups in total. The van der Waals surface area contributed by atoms with E-state index in [0.717, 1.165) is 30.9 Å². The van der Waals surface area contributed by atoms with Crippen molar-refractivity contribution in [1.29, 1.82) is 0 Å². The number of nitrogens with one attached hydrogen (secondary N) is 1. The molecule has 1 saturated heterocycles. The number of methoxy groups -OCH3 is 1. The molecule has 0 spiro atoms. The monoisotopic (exact) mass is 386 g/mol. The fourth-order valence-corrected chi connectivity index (χ4v) is 3.97. The van der Waals surface area contributed by atoms with Crippen LogP contribution in [0.1, 0.15) is 11.1 Å². The molecule has 0 atom stereocenters. The third kappa shape index (κ3) is 5.65. The first kappa shape index (κ1) is 19.6. The molecule has 2 aromatic carbocycles. The van der Waals surface area contributed by atoms with Gasteiger partial charge in [-0.05, 0) is 36.2 Å². The zero-order chi connectivity index (χ0) is 19.1. The van der Waals surface area contributed by atoms with Gasteiger partial charge in [0.2, 0.25) is 0 Å². The SMILES string of the molecule is COc1ccccc1OCC(=O)Nc1cc(CN2CCSCC2)ccc1C. The molecule has 0 aliphatic carbocycles. The van der Waals surface area contributed by atoms with Crippen molar-refractivity contribution in [3.05, 3.63) is 53.6 Å². The van der Waals surface area contributed by atoms with Gasteiger partial charge in [-0.25, -0.2) is 0 Å². The number of nitrogens with zero attached hydrogens (tertiary/aromatic N) is 1. The number of hydrogen-bond acceptors (Lipinski definition) is 5. The Morgan fingerprint density at radius 2 is 1.89 bits per heavy atom. The molecule has 2 aromatic rings. The zero-order valence-electron chi connectivity index (χ0n) is 15.9. The van der Waals surface area contributed by atoms with Crippen LogP contribution in [0.15, 0.2) is 42.5 Å². The lowest BCUT2D eigenvalue weighted by molar-refractivity contribution is -0.118. The van der Waals surface area contributed by atoms with E-state index in [2.05, 4.69) is 28.4 Å². The number of hydrogen-bond donors (Lipinski definition) is 1. The van der Waals surface area contributed by atoms with Crippen LogP contribution in [-0.2, 0) is 11.3 Å². The lowest BCUT2D eigenvalue weighted by Gasteiger charge is -2.26. The summed E-state index contributed by atoms with van der Waals surface area (Å²) in [5.74, 6) is 3.37. The molecule has 0 unspecified atom stereocenters. The number of carbonyl (C=O) groups excluding carboxylic acids is 1. The molecule has 27 heavy (non-hydrogen) atoms. The molecule has 0 bridgehead atoms. The number of rotatable bonds is 7. The second-order valence-corrected chi connectivity index (χ2v) is 7.75. The van der Waals surface area contributed by atoms with Crippen LogP contribution in [0.2, 0.25) is 0 Å². The maximum Gasteiger partial charge on any atom is 0.262 e. The summed E-state index contributed by atoms with van der Waals surface area (Å²) >= 11 is 2.01. The highest BCUT2D eigenvalue weighted by Gasteiger charge is 2.13. The van der Waals surface area contributed by atoms with Crippen molar-refractivity contribution in [2.75, 3.05) is 43.6 Å². The minimum Gasteiger partial charge on any atom is -0.493 e. The number of thioether (sulfide) groups is 1. The van der Waals surface area contributed by atoms with Crippen LogP contribution < -0.4 is 14.8 Å². The Morgan fingerprint density at radius 3 is 2.63 bits per heavy atom. The number of ether oxygens (including phenoxy) is 2. The molecule has 6 heteroatoms. The summed E-state index contributed by atoms with van der Waals surface area (Å²) in [6.07, 6.45) is 0. The van der Waals surface area contributed by atoms with Gasteiger partial charge in [0.05, 0.1) is 7.11 Å². The predicted octanol–water partition coefficient (Wildman–Crippen LogP) is 3.57. The van der Waals surface area contributed by atoms with Crippen molar-refractivity contribution in [1.82, 2.24) is 4.90 Å². The van der Waals surface area contributed by atoms with E-state index >= 15 is 0 Å². The Bertz CT molecular complexity index is 776. The largest absolute Gasteiger partial charge is 0.493 e. The van der Waals surface area contributed by atoms with Crippen LogP contribution in [-0.4, -0.2) is 49.1 Å². The molecule has 1 aliphatic rings. The first-order chi connectivity index (χ1) is 13.2. The van der Waals surface area contributed by atoms with Gasteiger partial charge >= 0.3 is 0 Å². The standard InChI is InChI=1S/C21H26N2O3S/c1-16-7-8-17(14-23-9-11-27-12-10-23)13-18(16)22-21(24)15-26-20-6-4-3-5-19(20)25-2/h3-8,13H,9-12,14-15H2,1-2H3,(H,22,24). The second kappa shape index (κ2) is 9.67. The van der Waals surface area contributed by atoms with E-state index in [4.69, 9.17) is 9.47 Å². The smallest absolute Gasteiger partial charge is 0.262 e. The number of anilines is 1. The molecule has 3 rings (SSSR count). The highest BCUT2D eigenvalue weighted by Crippen LogP contribution is 2.26. The molecule has 0 saturated carbocycles. The fourth-order valence-electron chi connectivity index (χ4n) is 2.99. The average Bonchev–Trinajstić information content (AvgIpc) is 2.70. The Balaban J connectivity index is 1.58. The first-order valence-corrected chi connectivity index (χ1v) is 10.3. The van der Waals surface area contributed by atoms with Crippen molar-refractivity contribution in [2.45, 2.75) is 13.5 Å². The summed E-state index contributed by atoms with van der Waals surface area (Å²) in [5, 5.41) is 2.97. The molecule has 1 aliphatic heterocycles. The number of benzene rings is 2. The highest BCUT2D eigenvalue weighted by molar-refractivity contribution is 7.99. The molecule has 0 radical (unpaired) electrons. The molecule has 1 amide bonds. The number of aryl methyl sites for hydroxylation is 1. The topological polar surface area (TPSA) is 50.8 Å². The van der Waals surface area contributed by atoms with Gasteiger partial charge in [-0.2, -0.15) is 11.8 Å². The van der Waals surface area contributed by atoms with Crippen molar-refractivity contribution in [3.8, 4) is 11.5 Å². The molecule has 1 fully saturated rings. The summed E-state index contributed by atoms with van der Waals surface area (Å²) < 4.78 is 10.8. The summed E-state index contributed by atoms with van der Waals surface area (Å²) in [5.41, 5.74) is 3.10. The van der Waals surface area contributed by atoms with Crippen LogP contribution in [0, 0.1) is 6.92 Å². The highest BCUT2D eigenvalue weighted by atomic mass is 32.2. The van der Waals surface area contributed by atoms with Crippen molar-refractivity contribution in [2.24, 2.45) is 0 Å². The lowest BCUT2D eigenvalue weighted by Crippen LogP contribution is -2.32. The van der Waals surface area contributed by atoms with E-state index in [9.17, 15) is 4.79 Å². The van der Waals surface area contributed by atoms with Gasteiger partial charge in [0.25, 0.3) is 5.91 Å². The maximum absolute atomic E-state index is 12.3. The minimum atomic E-state index is -0.185. The Hall–Kier alpha value is -2.18. The van der Waals surface area contributed by atoms with Crippen molar-refractivity contribution in [3.63, 3.8) is 0 Å². The normalized spacial score (nSPS) is 14.6. The van der Waals surface area contributed by atoms with E-state index in [1.54, 1.807) is 19.2 Å². The minimum absolute atomic E-state index is 0.0621. The second-order valence-electron chi connectivity index (χ2n) is 6.53. The van der Waals surface area contributed by atoms with E-state index in [-0.39, 0.29) is 12.5 Å². The van der Waals surface area contributed by atoms with Crippen LogP contribution in [0.25, 0.3) is 0 Å². The quantitative estimate of drug-likeness (QED) is 0.788. The van der Waals surface area contributed by atoms with Crippen molar-refractivity contribution < 1.29 is 14.3 Å². The summed E-state index contributed by atoms with van der Waals surface area (Å²) in [6.45, 7) is 5.09. The van der Waals surface area contributed by atoms with Gasteiger partial charge in [0.1, 0.15) is 0 Å². The first-order valence-electron chi connectivity index (χ1n) is 9.11. The molecule has 5 nitrogen and oxygen atoms in total. The van der Waals surface area contributed by atoms with Gasteiger partial charge in [0.15, 0.2) is 18.1 Å². The molecule has 144 valence electrons. The number of para-hydroxylation sites is 2. The van der Waals surface area contributed by atoms with Crippen LogP contribution in [0.4, 0.5) is 5.69 Å².